The van der Waals surface area contributed by atoms with Crippen molar-refractivity contribution in [1.29, 1.82) is 0 Å². The predicted octanol–water partition coefficient (Wildman–Crippen LogP) is 1.53. The van der Waals surface area contributed by atoms with Crippen LogP contribution in [0.1, 0.15) is 18.4 Å². The van der Waals surface area contributed by atoms with E-state index in [1.54, 1.807) is 0 Å². The van der Waals surface area contributed by atoms with E-state index in [0.29, 0.717) is 0 Å². The summed E-state index contributed by atoms with van der Waals surface area (Å²) < 4.78 is 2.05. The first-order chi connectivity index (χ1) is 6.33. The van der Waals surface area contributed by atoms with Crippen LogP contribution in [0.2, 0.25) is 0 Å². The van der Waals surface area contributed by atoms with Crippen molar-refractivity contribution in [2.75, 3.05) is 6.54 Å². The summed E-state index contributed by atoms with van der Waals surface area (Å²) in [6, 6.07) is 2.12. The minimum absolute atomic E-state index is 0.863. The van der Waals surface area contributed by atoms with Gasteiger partial charge in [0.05, 0.1) is 0 Å². The molecule has 1 aromatic heterocycles. The van der Waals surface area contributed by atoms with Crippen LogP contribution in [0.5, 0.6) is 0 Å². The topological polar surface area (TPSA) is 17.0 Å². The third-order valence-electron chi connectivity index (χ3n) is 1.90. The Bertz CT molecular complexity index is 281. The van der Waals surface area contributed by atoms with Crippen molar-refractivity contribution in [2.45, 2.75) is 19.4 Å². The Kier molecular flexibility index (Phi) is 4.14. The van der Waals surface area contributed by atoms with E-state index < -0.39 is 0 Å². The van der Waals surface area contributed by atoms with Crippen molar-refractivity contribution in [1.82, 2.24) is 9.88 Å². The van der Waals surface area contributed by atoms with Crippen molar-refractivity contribution in [2.24, 2.45) is 7.05 Å². The monoisotopic (exact) mass is 176 g/mol. The van der Waals surface area contributed by atoms with Gasteiger partial charge in [-0.2, -0.15) is 0 Å². The first kappa shape index (κ1) is 9.88. The SMILES string of the molecule is C#CCCCNCc1ccn(C)c1. The number of hydrogen-bond acceptors (Lipinski definition) is 1. The normalized spacial score (nSPS) is 9.85. The molecule has 0 aromatic carbocycles. The van der Waals surface area contributed by atoms with Crippen LogP contribution in [-0.4, -0.2) is 11.1 Å². The van der Waals surface area contributed by atoms with Crippen LogP contribution >= 0.6 is 0 Å². The number of aromatic nitrogens is 1. The summed E-state index contributed by atoms with van der Waals surface area (Å²) in [5, 5.41) is 3.34. The van der Waals surface area contributed by atoms with Crippen molar-refractivity contribution < 1.29 is 0 Å². The zero-order chi connectivity index (χ0) is 9.52. The van der Waals surface area contributed by atoms with Gasteiger partial charge in [0.15, 0.2) is 0 Å². The maximum Gasteiger partial charge on any atom is 0.0220 e. The molecule has 70 valence electrons. The highest BCUT2D eigenvalue weighted by Crippen LogP contribution is 1.98. The van der Waals surface area contributed by atoms with Crippen molar-refractivity contribution in [3.63, 3.8) is 0 Å². The lowest BCUT2D eigenvalue weighted by Crippen LogP contribution is -2.13. The summed E-state index contributed by atoms with van der Waals surface area (Å²) in [6.45, 7) is 1.94. The summed E-state index contributed by atoms with van der Waals surface area (Å²) in [5.74, 6) is 2.63. The molecule has 1 aromatic rings. The van der Waals surface area contributed by atoms with E-state index in [-0.39, 0.29) is 0 Å². The average Bonchev–Trinajstić information content (AvgIpc) is 2.51. The van der Waals surface area contributed by atoms with Gasteiger partial charge in [-0.1, -0.05) is 0 Å². The first-order valence-corrected chi connectivity index (χ1v) is 4.58. The molecule has 1 N–H and O–H groups in total. The van der Waals surface area contributed by atoms with Gasteiger partial charge in [0.25, 0.3) is 0 Å². The average molecular weight is 176 g/mol. The lowest BCUT2D eigenvalue weighted by Gasteiger charge is -2.00. The summed E-state index contributed by atoms with van der Waals surface area (Å²) in [4.78, 5) is 0. The molecule has 0 fully saturated rings. The van der Waals surface area contributed by atoms with Crippen LogP contribution in [0, 0.1) is 12.3 Å². The van der Waals surface area contributed by atoms with E-state index in [0.717, 1.165) is 25.9 Å². The summed E-state index contributed by atoms with van der Waals surface area (Å²) in [6.07, 6.45) is 11.2. The smallest absolute Gasteiger partial charge is 0.0220 e. The van der Waals surface area contributed by atoms with Crippen LogP contribution in [0.15, 0.2) is 18.5 Å². The minimum Gasteiger partial charge on any atom is -0.357 e. The van der Waals surface area contributed by atoms with E-state index >= 15 is 0 Å². The first-order valence-electron chi connectivity index (χ1n) is 4.58. The van der Waals surface area contributed by atoms with Crippen molar-refractivity contribution in [3.05, 3.63) is 24.0 Å². The van der Waals surface area contributed by atoms with Crippen LogP contribution in [0.25, 0.3) is 0 Å². The second-order valence-electron chi connectivity index (χ2n) is 3.17. The van der Waals surface area contributed by atoms with E-state index in [9.17, 15) is 0 Å². The Morgan fingerprint density at radius 2 is 2.46 bits per heavy atom. The Balaban J connectivity index is 2.10. The zero-order valence-corrected chi connectivity index (χ0v) is 8.09. The van der Waals surface area contributed by atoms with E-state index in [1.807, 2.05) is 7.05 Å². The van der Waals surface area contributed by atoms with E-state index in [1.165, 1.54) is 5.56 Å². The molecule has 13 heavy (non-hydrogen) atoms. The number of unbranched alkanes of at least 4 members (excludes halogenated alkanes) is 1. The number of hydrogen-bond donors (Lipinski definition) is 1. The van der Waals surface area contributed by atoms with Gasteiger partial charge in [-0.3, -0.25) is 0 Å². The standard InChI is InChI=1S/C11H16N2/c1-3-4-5-7-12-9-11-6-8-13(2)10-11/h1,6,8,10,12H,4-5,7,9H2,2H3. The molecular formula is C11H16N2. The van der Waals surface area contributed by atoms with Gasteiger partial charge in [-0.05, 0) is 24.6 Å². The fourth-order valence-corrected chi connectivity index (χ4v) is 1.21. The number of aryl methyl sites for hydroxylation is 1. The molecule has 1 rings (SSSR count). The van der Waals surface area contributed by atoms with Gasteiger partial charge in [0.1, 0.15) is 0 Å². The van der Waals surface area contributed by atoms with Crippen LogP contribution in [0.3, 0.4) is 0 Å². The maximum absolute atomic E-state index is 5.14. The fraction of sp³-hybridized carbons (Fsp3) is 0.455. The number of terminal acetylenes is 1. The molecule has 0 atom stereocenters. The molecule has 0 saturated heterocycles. The van der Waals surface area contributed by atoms with Gasteiger partial charge >= 0.3 is 0 Å². The molecule has 0 amide bonds. The molecule has 0 saturated carbocycles. The second kappa shape index (κ2) is 5.45. The molecule has 0 radical (unpaired) electrons. The molecule has 0 bridgehead atoms. The van der Waals surface area contributed by atoms with Gasteiger partial charge < -0.3 is 9.88 Å². The largest absolute Gasteiger partial charge is 0.357 e. The zero-order valence-electron chi connectivity index (χ0n) is 8.09. The molecule has 0 aliphatic heterocycles. The molecule has 0 aliphatic carbocycles. The number of nitrogens with zero attached hydrogens (tertiary/aromatic N) is 1. The summed E-state index contributed by atoms with van der Waals surface area (Å²) in [5.41, 5.74) is 1.32. The van der Waals surface area contributed by atoms with Crippen LogP contribution in [-0.2, 0) is 13.6 Å². The van der Waals surface area contributed by atoms with Crippen LogP contribution in [0.4, 0.5) is 0 Å². The third kappa shape index (κ3) is 3.82. The third-order valence-corrected chi connectivity index (χ3v) is 1.90. The Hall–Kier alpha value is -1.20. The molecule has 2 nitrogen and oxygen atoms in total. The van der Waals surface area contributed by atoms with Crippen molar-refractivity contribution in [3.8, 4) is 12.3 Å². The fourth-order valence-electron chi connectivity index (χ4n) is 1.21. The molecule has 2 heteroatoms. The van der Waals surface area contributed by atoms with Gasteiger partial charge in [0, 0.05) is 32.4 Å². The van der Waals surface area contributed by atoms with E-state index in [2.05, 4.69) is 34.3 Å². The lowest BCUT2D eigenvalue weighted by molar-refractivity contribution is 0.658. The second-order valence-corrected chi connectivity index (χ2v) is 3.17. The number of nitrogens with one attached hydrogen (secondary N) is 1. The van der Waals surface area contributed by atoms with Gasteiger partial charge in [-0.15, -0.1) is 12.3 Å². The molecule has 0 spiro atoms. The van der Waals surface area contributed by atoms with Crippen LogP contribution < -0.4 is 5.32 Å². The van der Waals surface area contributed by atoms with Crippen molar-refractivity contribution >= 4 is 0 Å². The molecule has 1 heterocycles. The molecule has 0 unspecified atom stereocenters. The minimum atomic E-state index is 0.863. The lowest BCUT2D eigenvalue weighted by atomic mass is 10.3. The highest BCUT2D eigenvalue weighted by molar-refractivity contribution is 5.09. The number of rotatable bonds is 5. The predicted molar refractivity (Wildman–Crippen MR) is 55.2 cm³/mol. The quantitative estimate of drug-likeness (QED) is 0.532. The maximum atomic E-state index is 5.14. The highest BCUT2D eigenvalue weighted by atomic mass is 14.9. The summed E-state index contributed by atoms with van der Waals surface area (Å²) >= 11 is 0. The van der Waals surface area contributed by atoms with E-state index in [4.69, 9.17) is 6.42 Å². The molecular weight excluding hydrogens is 160 g/mol. The Morgan fingerprint density at radius 1 is 1.62 bits per heavy atom. The highest BCUT2D eigenvalue weighted by Gasteiger charge is 1.92. The Morgan fingerprint density at radius 3 is 3.08 bits per heavy atom. The summed E-state index contributed by atoms with van der Waals surface area (Å²) in [7, 11) is 2.03. The van der Waals surface area contributed by atoms with Gasteiger partial charge in [-0.25, -0.2) is 0 Å². The Labute approximate surface area is 80.0 Å². The molecule has 0 aliphatic rings. The van der Waals surface area contributed by atoms with Gasteiger partial charge in [0.2, 0.25) is 0 Å².